The molecule has 2 aliphatic rings. The molecule has 3 aromatic carbocycles. The lowest BCUT2D eigenvalue weighted by molar-refractivity contribution is -0.181. The lowest BCUT2D eigenvalue weighted by Gasteiger charge is -2.47. The first-order valence-electron chi connectivity index (χ1n) is 12.6. The van der Waals surface area contributed by atoms with Gasteiger partial charge < -0.3 is 14.6 Å². The van der Waals surface area contributed by atoms with Gasteiger partial charge in [0.15, 0.2) is 0 Å². The van der Waals surface area contributed by atoms with Crippen LogP contribution in [0.1, 0.15) is 24.0 Å². The quantitative estimate of drug-likeness (QED) is 0.517. The average Bonchev–Trinajstić information content (AvgIpc) is 2.91. The molecule has 0 aromatic heterocycles. The molecule has 2 fully saturated rings. The maximum atomic E-state index is 15.4. The second-order valence-corrected chi connectivity index (χ2v) is 9.77. The summed E-state index contributed by atoms with van der Waals surface area (Å²) in [6, 6.07) is 25.4. The fourth-order valence-electron chi connectivity index (χ4n) is 5.62. The Kier molecular flexibility index (Phi) is 7.59. The highest BCUT2D eigenvalue weighted by Crippen LogP contribution is 2.39. The second-order valence-electron chi connectivity index (χ2n) is 9.77. The summed E-state index contributed by atoms with van der Waals surface area (Å²) >= 11 is 0. The first kappa shape index (κ1) is 24.1. The van der Waals surface area contributed by atoms with Crippen LogP contribution >= 0.6 is 0 Å². The molecule has 1 N–H and O–H groups in total. The van der Waals surface area contributed by atoms with Crippen LogP contribution in [0.5, 0.6) is 0 Å². The minimum atomic E-state index is -1.20. The largest absolute Gasteiger partial charge is 0.386 e. The van der Waals surface area contributed by atoms with Gasteiger partial charge in [-0.05, 0) is 47.1 Å². The highest BCUT2D eigenvalue weighted by Gasteiger charge is 2.47. The zero-order chi connectivity index (χ0) is 24.1. The van der Waals surface area contributed by atoms with Crippen molar-refractivity contribution in [1.29, 1.82) is 0 Å². The Morgan fingerprint density at radius 1 is 0.886 bits per heavy atom. The van der Waals surface area contributed by atoms with Gasteiger partial charge in [-0.3, -0.25) is 4.90 Å². The summed E-state index contributed by atoms with van der Waals surface area (Å²) < 4.78 is 27.3. The third-order valence-corrected chi connectivity index (χ3v) is 7.55. The molecule has 0 bridgehead atoms. The summed E-state index contributed by atoms with van der Waals surface area (Å²) in [5.74, 6) is -0.310. The number of nitrogens with zero attached hydrogens (tertiary/aromatic N) is 1. The van der Waals surface area contributed by atoms with E-state index in [9.17, 15) is 5.11 Å². The first-order valence-corrected chi connectivity index (χ1v) is 12.6. The van der Waals surface area contributed by atoms with E-state index >= 15 is 4.39 Å². The Hall–Kier alpha value is -2.57. The Morgan fingerprint density at radius 2 is 1.60 bits per heavy atom. The van der Waals surface area contributed by atoms with Gasteiger partial charge in [0.05, 0.1) is 18.3 Å². The Bertz CT molecular complexity index is 1090. The fraction of sp³-hybridized carbons (Fsp3) is 0.400. The molecule has 0 radical (unpaired) electrons. The van der Waals surface area contributed by atoms with E-state index in [0.717, 1.165) is 37.1 Å². The average molecular weight is 476 g/mol. The fourth-order valence-corrected chi connectivity index (χ4v) is 5.62. The Labute approximate surface area is 207 Å². The lowest BCUT2D eigenvalue weighted by Crippen LogP contribution is -2.59. The highest BCUT2D eigenvalue weighted by molar-refractivity contribution is 5.67. The van der Waals surface area contributed by atoms with E-state index in [1.54, 1.807) is 6.07 Å². The third-order valence-electron chi connectivity index (χ3n) is 7.55. The van der Waals surface area contributed by atoms with Gasteiger partial charge in [0.25, 0.3) is 0 Å². The summed E-state index contributed by atoms with van der Waals surface area (Å²) in [7, 11) is 0. The van der Waals surface area contributed by atoms with E-state index in [2.05, 4.69) is 29.2 Å². The van der Waals surface area contributed by atoms with Crippen LogP contribution in [-0.4, -0.2) is 54.6 Å². The standard InChI is InChI=1S/C30H34FNO3/c31-28-13-7-12-26(24-10-5-2-6-11-24)27(28)20-30(33,25-14-17-34-18-15-25)29-22-32(16-19-35-29)21-23-8-3-1-4-9-23/h1-13,25,29,33H,14-22H2. The third kappa shape index (κ3) is 5.49. The molecular formula is C30H34FNO3. The molecule has 2 aliphatic heterocycles. The number of rotatable bonds is 7. The van der Waals surface area contributed by atoms with Crippen LogP contribution in [0.3, 0.4) is 0 Å². The minimum absolute atomic E-state index is 0.0267. The van der Waals surface area contributed by atoms with Gasteiger partial charge in [0, 0.05) is 39.3 Å². The first-order chi connectivity index (χ1) is 17.1. The molecule has 0 spiro atoms. The van der Waals surface area contributed by atoms with Crippen molar-refractivity contribution >= 4 is 0 Å². The molecule has 0 amide bonds. The van der Waals surface area contributed by atoms with Crippen LogP contribution in [-0.2, 0) is 22.4 Å². The van der Waals surface area contributed by atoms with Crippen molar-refractivity contribution in [3.05, 3.63) is 95.8 Å². The van der Waals surface area contributed by atoms with Crippen molar-refractivity contribution in [1.82, 2.24) is 4.90 Å². The van der Waals surface area contributed by atoms with Crippen LogP contribution in [0.4, 0.5) is 4.39 Å². The molecule has 2 unspecified atom stereocenters. The topological polar surface area (TPSA) is 41.9 Å². The van der Waals surface area contributed by atoms with Crippen LogP contribution in [0.15, 0.2) is 78.9 Å². The smallest absolute Gasteiger partial charge is 0.127 e. The van der Waals surface area contributed by atoms with Crippen LogP contribution in [0.2, 0.25) is 0 Å². The van der Waals surface area contributed by atoms with E-state index in [1.807, 2.05) is 42.5 Å². The SMILES string of the molecule is OC(Cc1c(F)cccc1-c1ccccc1)(C1CCOCC1)C1CN(Cc2ccccc2)CCO1. The zero-order valence-electron chi connectivity index (χ0n) is 20.1. The van der Waals surface area contributed by atoms with E-state index < -0.39 is 11.7 Å². The number of aliphatic hydroxyl groups is 1. The predicted octanol–water partition coefficient (Wildman–Crippen LogP) is 5.09. The summed E-state index contributed by atoms with van der Waals surface area (Å²) in [4.78, 5) is 2.34. The number of benzene rings is 3. The molecule has 2 saturated heterocycles. The van der Waals surface area contributed by atoms with Crippen molar-refractivity contribution in [2.75, 3.05) is 32.9 Å². The van der Waals surface area contributed by atoms with Gasteiger partial charge >= 0.3 is 0 Å². The van der Waals surface area contributed by atoms with Crippen molar-refractivity contribution in [2.24, 2.45) is 5.92 Å². The van der Waals surface area contributed by atoms with E-state index in [1.165, 1.54) is 11.6 Å². The molecular weight excluding hydrogens is 441 g/mol. The maximum Gasteiger partial charge on any atom is 0.127 e. The molecule has 2 atom stereocenters. The molecule has 184 valence electrons. The van der Waals surface area contributed by atoms with Crippen molar-refractivity contribution in [3.8, 4) is 11.1 Å². The normalized spacial score (nSPS) is 21.5. The van der Waals surface area contributed by atoms with Crippen molar-refractivity contribution in [3.63, 3.8) is 0 Å². The van der Waals surface area contributed by atoms with Crippen molar-refractivity contribution in [2.45, 2.75) is 37.5 Å². The number of morpholine rings is 1. The van der Waals surface area contributed by atoms with Gasteiger partial charge in [-0.2, -0.15) is 0 Å². The van der Waals surface area contributed by atoms with E-state index in [0.29, 0.717) is 31.9 Å². The molecule has 0 saturated carbocycles. The molecule has 2 heterocycles. The Morgan fingerprint density at radius 3 is 2.34 bits per heavy atom. The molecule has 4 nitrogen and oxygen atoms in total. The van der Waals surface area contributed by atoms with Crippen LogP contribution < -0.4 is 0 Å². The van der Waals surface area contributed by atoms with Crippen molar-refractivity contribution < 1.29 is 19.0 Å². The summed E-state index contributed by atoms with van der Waals surface area (Å²) in [6.45, 7) is 3.99. The molecule has 35 heavy (non-hydrogen) atoms. The highest BCUT2D eigenvalue weighted by atomic mass is 19.1. The summed E-state index contributed by atoms with van der Waals surface area (Å²) in [6.07, 6.45) is 1.28. The van der Waals surface area contributed by atoms with Gasteiger partial charge in [-0.25, -0.2) is 4.39 Å². The molecule has 3 aromatic rings. The predicted molar refractivity (Wildman–Crippen MR) is 135 cm³/mol. The van der Waals surface area contributed by atoms with Gasteiger partial charge in [0.2, 0.25) is 0 Å². The molecule has 5 heteroatoms. The van der Waals surface area contributed by atoms with Crippen LogP contribution in [0, 0.1) is 11.7 Å². The number of ether oxygens (including phenoxy) is 2. The summed E-state index contributed by atoms with van der Waals surface area (Å²) in [5, 5.41) is 12.4. The Balaban J connectivity index is 1.46. The number of halogens is 1. The van der Waals surface area contributed by atoms with E-state index in [4.69, 9.17) is 9.47 Å². The summed E-state index contributed by atoms with van der Waals surface area (Å²) in [5.41, 5.74) is 2.37. The monoisotopic (exact) mass is 475 g/mol. The van der Waals surface area contributed by atoms with Gasteiger partial charge in [-0.1, -0.05) is 72.8 Å². The van der Waals surface area contributed by atoms with Gasteiger partial charge in [0.1, 0.15) is 5.82 Å². The second kappa shape index (κ2) is 11.0. The maximum absolute atomic E-state index is 15.4. The lowest BCUT2D eigenvalue weighted by atomic mass is 9.73. The number of hydrogen-bond acceptors (Lipinski definition) is 4. The molecule has 5 rings (SSSR count). The van der Waals surface area contributed by atoms with Gasteiger partial charge in [-0.15, -0.1) is 0 Å². The zero-order valence-corrected chi connectivity index (χ0v) is 20.1. The number of hydrogen-bond donors (Lipinski definition) is 1. The molecule has 0 aliphatic carbocycles. The van der Waals surface area contributed by atoms with E-state index in [-0.39, 0.29) is 18.2 Å². The minimum Gasteiger partial charge on any atom is -0.386 e. The van der Waals surface area contributed by atoms with Crippen LogP contribution in [0.25, 0.3) is 11.1 Å².